The van der Waals surface area contributed by atoms with Crippen molar-refractivity contribution in [3.8, 4) is 0 Å². The van der Waals surface area contributed by atoms with Gasteiger partial charge < -0.3 is 11.1 Å². The van der Waals surface area contributed by atoms with Crippen LogP contribution in [0.3, 0.4) is 0 Å². The van der Waals surface area contributed by atoms with Crippen molar-refractivity contribution in [3.63, 3.8) is 0 Å². The highest BCUT2D eigenvalue weighted by molar-refractivity contribution is 5.79. The molecule has 0 spiro atoms. The molecule has 1 aromatic rings. The average Bonchev–Trinajstić information content (AvgIpc) is 2.56. The maximum absolute atomic E-state index is 12.7. The average molecular weight is 331 g/mol. The highest BCUT2D eigenvalue weighted by atomic mass is 16.1. The molecule has 3 N–H and O–H groups in total. The van der Waals surface area contributed by atoms with Crippen LogP contribution in [0.2, 0.25) is 0 Å². The zero-order chi connectivity index (χ0) is 17.5. The fourth-order valence-electron chi connectivity index (χ4n) is 4.16. The lowest BCUT2D eigenvalue weighted by molar-refractivity contribution is -0.129. The molecule has 3 heteroatoms. The third-order valence-electron chi connectivity index (χ3n) is 5.58. The third kappa shape index (κ3) is 5.07. The fourth-order valence-corrected chi connectivity index (χ4v) is 4.16. The molecule has 0 bridgehead atoms. The molecule has 1 amide bonds. The Morgan fingerprint density at radius 1 is 1.21 bits per heavy atom. The molecule has 134 valence electrons. The molecule has 0 aromatic heterocycles. The Kier molecular flexibility index (Phi) is 7.29. The van der Waals surface area contributed by atoms with Crippen LogP contribution >= 0.6 is 0 Å². The van der Waals surface area contributed by atoms with Crippen LogP contribution in [0.5, 0.6) is 0 Å². The second-order valence-corrected chi connectivity index (χ2v) is 7.78. The summed E-state index contributed by atoms with van der Waals surface area (Å²) in [6.07, 6.45) is 5.28. The minimum atomic E-state index is 0.188. The Labute approximate surface area is 147 Å². The monoisotopic (exact) mass is 330 g/mol. The van der Waals surface area contributed by atoms with Gasteiger partial charge in [-0.1, -0.05) is 51.5 Å². The number of amides is 1. The summed E-state index contributed by atoms with van der Waals surface area (Å²) in [4.78, 5) is 12.7. The summed E-state index contributed by atoms with van der Waals surface area (Å²) in [7, 11) is 0. The van der Waals surface area contributed by atoms with Crippen LogP contribution in [0.25, 0.3) is 0 Å². The van der Waals surface area contributed by atoms with Crippen LogP contribution in [0.4, 0.5) is 0 Å². The highest BCUT2D eigenvalue weighted by Gasteiger charge is 2.35. The van der Waals surface area contributed by atoms with Gasteiger partial charge in [0.25, 0.3) is 0 Å². The molecule has 1 aliphatic carbocycles. The van der Waals surface area contributed by atoms with Crippen molar-refractivity contribution in [2.45, 2.75) is 52.9 Å². The van der Waals surface area contributed by atoms with Crippen molar-refractivity contribution in [3.05, 3.63) is 35.4 Å². The minimum Gasteiger partial charge on any atom is -0.356 e. The lowest BCUT2D eigenvalue weighted by Gasteiger charge is -2.36. The third-order valence-corrected chi connectivity index (χ3v) is 5.58. The minimum absolute atomic E-state index is 0.188. The van der Waals surface area contributed by atoms with Gasteiger partial charge in [0.2, 0.25) is 5.91 Å². The number of nitrogens with one attached hydrogen (secondary N) is 1. The number of carbonyl (C=O) groups excluding carboxylic acids is 1. The predicted octanol–water partition coefficient (Wildman–Crippen LogP) is 3.55. The number of carbonyl (C=O) groups is 1. The topological polar surface area (TPSA) is 55.1 Å². The van der Waals surface area contributed by atoms with Crippen molar-refractivity contribution >= 4 is 5.91 Å². The van der Waals surface area contributed by atoms with E-state index in [2.05, 4.69) is 50.4 Å². The molecule has 0 saturated heterocycles. The first-order chi connectivity index (χ1) is 11.5. The van der Waals surface area contributed by atoms with Gasteiger partial charge in [0.05, 0.1) is 0 Å². The van der Waals surface area contributed by atoms with Crippen LogP contribution in [-0.2, 0) is 17.6 Å². The van der Waals surface area contributed by atoms with Crippen LogP contribution in [0.1, 0.15) is 51.2 Å². The van der Waals surface area contributed by atoms with Crippen LogP contribution in [-0.4, -0.2) is 19.0 Å². The summed E-state index contributed by atoms with van der Waals surface area (Å²) in [5.74, 6) is 2.23. The molecule has 1 aliphatic rings. The molecule has 0 radical (unpaired) electrons. The Morgan fingerprint density at radius 2 is 1.88 bits per heavy atom. The molecular formula is C21H34N2O. The smallest absolute Gasteiger partial charge is 0.223 e. The lowest BCUT2D eigenvalue weighted by Crippen LogP contribution is -2.40. The van der Waals surface area contributed by atoms with Crippen molar-refractivity contribution in [1.29, 1.82) is 0 Å². The van der Waals surface area contributed by atoms with E-state index < -0.39 is 0 Å². The summed E-state index contributed by atoms with van der Waals surface area (Å²) >= 11 is 0. The summed E-state index contributed by atoms with van der Waals surface area (Å²) in [5, 5.41) is 3.21. The van der Waals surface area contributed by atoms with E-state index in [4.69, 9.17) is 5.73 Å². The largest absolute Gasteiger partial charge is 0.356 e. The van der Waals surface area contributed by atoms with Gasteiger partial charge in [-0.2, -0.15) is 0 Å². The van der Waals surface area contributed by atoms with E-state index in [0.717, 1.165) is 25.8 Å². The molecular weight excluding hydrogens is 296 g/mol. The summed E-state index contributed by atoms with van der Waals surface area (Å²) in [5.41, 5.74) is 8.30. The molecule has 3 atom stereocenters. The quantitative estimate of drug-likeness (QED) is 0.803. The van der Waals surface area contributed by atoms with E-state index >= 15 is 0 Å². The Bertz CT molecular complexity index is 526. The number of rotatable bonds is 7. The first-order valence-electron chi connectivity index (χ1n) is 9.57. The molecule has 24 heavy (non-hydrogen) atoms. The van der Waals surface area contributed by atoms with Gasteiger partial charge in [-0.05, 0) is 61.1 Å². The van der Waals surface area contributed by atoms with Crippen molar-refractivity contribution in [2.75, 3.05) is 13.1 Å². The maximum Gasteiger partial charge on any atom is 0.223 e. The standard InChI is InChI=1S/C21H34N2O/c1-15(2)19-9-8-16(3)14-20(19)21(24)23-13-11-18-7-5-4-6-17(18)10-12-22/h4-7,15-16,19-20H,8-14,22H2,1-3H3,(H,23,24)/t16-,19+,20-/m1/s1. The molecule has 0 unspecified atom stereocenters. The van der Waals surface area contributed by atoms with Gasteiger partial charge in [0.1, 0.15) is 0 Å². The SMILES string of the molecule is CC(C)[C@@H]1CC[C@@H](C)C[C@H]1C(=O)NCCc1ccccc1CCN. The lowest BCUT2D eigenvalue weighted by atomic mass is 9.70. The van der Waals surface area contributed by atoms with E-state index in [0.29, 0.717) is 24.3 Å². The zero-order valence-corrected chi connectivity index (χ0v) is 15.6. The molecule has 1 saturated carbocycles. The van der Waals surface area contributed by atoms with Gasteiger partial charge in [-0.25, -0.2) is 0 Å². The molecule has 3 nitrogen and oxygen atoms in total. The van der Waals surface area contributed by atoms with Gasteiger partial charge in [-0.15, -0.1) is 0 Å². The Balaban J connectivity index is 1.90. The molecule has 1 fully saturated rings. The molecule has 1 aromatic carbocycles. The van der Waals surface area contributed by atoms with Crippen molar-refractivity contribution in [2.24, 2.45) is 29.4 Å². The number of nitrogens with two attached hydrogens (primary N) is 1. The van der Waals surface area contributed by atoms with E-state index in [-0.39, 0.29) is 11.8 Å². The maximum atomic E-state index is 12.7. The van der Waals surface area contributed by atoms with Crippen LogP contribution in [0, 0.1) is 23.7 Å². The Morgan fingerprint density at radius 3 is 2.50 bits per heavy atom. The zero-order valence-electron chi connectivity index (χ0n) is 15.6. The van der Waals surface area contributed by atoms with Crippen molar-refractivity contribution in [1.82, 2.24) is 5.32 Å². The van der Waals surface area contributed by atoms with E-state index in [1.54, 1.807) is 0 Å². The van der Waals surface area contributed by atoms with Gasteiger partial charge >= 0.3 is 0 Å². The summed E-state index contributed by atoms with van der Waals surface area (Å²) < 4.78 is 0. The van der Waals surface area contributed by atoms with E-state index in [9.17, 15) is 4.79 Å². The van der Waals surface area contributed by atoms with Crippen LogP contribution in [0.15, 0.2) is 24.3 Å². The normalized spacial score (nSPS) is 24.1. The molecule has 0 heterocycles. The number of hydrogen-bond donors (Lipinski definition) is 2. The van der Waals surface area contributed by atoms with Gasteiger partial charge in [0, 0.05) is 12.5 Å². The van der Waals surface area contributed by atoms with Gasteiger partial charge in [-0.3, -0.25) is 4.79 Å². The predicted molar refractivity (Wildman–Crippen MR) is 101 cm³/mol. The number of benzene rings is 1. The van der Waals surface area contributed by atoms with E-state index in [1.165, 1.54) is 24.0 Å². The summed E-state index contributed by atoms with van der Waals surface area (Å²) in [6, 6.07) is 8.41. The molecule has 0 aliphatic heterocycles. The van der Waals surface area contributed by atoms with Crippen molar-refractivity contribution < 1.29 is 4.79 Å². The first-order valence-corrected chi connectivity index (χ1v) is 9.57. The molecule has 2 rings (SSSR count). The van der Waals surface area contributed by atoms with Gasteiger partial charge in [0.15, 0.2) is 0 Å². The van der Waals surface area contributed by atoms with Crippen LogP contribution < -0.4 is 11.1 Å². The fraction of sp³-hybridized carbons (Fsp3) is 0.667. The first kappa shape index (κ1) is 19.0. The number of hydrogen-bond acceptors (Lipinski definition) is 2. The van der Waals surface area contributed by atoms with E-state index in [1.807, 2.05) is 0 Å². The Hall–Kier alpha value is -1.35. The highest BCUT2D eigenvalue weighted by Crippen LogP contribution is 2.38. The summed E-state index contributed by atoms with van der Waals surface area (Å²) in [6.45, 7) is 8.17. The second kappa shape index (κ2) is 9.22. The second-order valence-electron chi connectivity index (χ2n) is 7.78.